The first-order valence-corrected chi connectivity index (χ1v) is 12.0. The van der Waals surface area contributed by atoms with Crippen LogP contribution in [0.3, 0.4) is 0 Å². The summed E-state index contributed by atoms with van der Waals surface area (Å²) in [6.45, 7) is 0. The SMILES string of the molecule is COc1ccc(CC2S/C(=N/N=C/c3cn(-c4ccccc4)nc3-c3ccccc3)NC2=O)cc1. The summed E-state index contributed by atoms with van der Waals surface area (Å²) in [5, 5.41) is 16.4. The normalized spacial score (nSPS) is 16.7. The van der Waals surface area contributed by atoms with Crippen molar-refractivity contribution in [3.05, 3.63) is 102 Å². The molecule has 4 aromatic rings. The summed E-state index contributed by atoms with van der Waals surface area (Å²) in [6.07, 6.45) is 4.20. The molecule has 1 N–H and O–H groups in total. The van der Waals surface area contributed by atoms with Crippen molar-refractivity contribution >= 4 is 29.1 Å². The molecule has 7 nitrogen and oxygen atoms in total. The largest absolute Gasteiger partial charge is 0.497 e. The third-order valence-electron chi connectivity index (χ3n) is 5.51. The molecule has 1 saturated heterocycles. The first-order valence-electron chi connectivity index (χ1n) is 11.1. The Morgan fingerprint density at radius 2 is 1.74 bits per heavy atom. The van der Waals surface area contributed by atoms with E-state index in [1.165, 1.54) is 11.8 Å². The average molecular weight is 482 g/mol. The molecule has 3 aromatic carbocycles. The zero-order valence-corrected chi connectivity index (χ0v) is 19.9. The van der Waals surface area contributed by atoms with E-state index in [0.717, 1.165) is 33.8 Å². The lowest BCUT2D eigenvalue weighted by molar-refractivity contribution is -0.118. The van der Waals surface area contributed by atoms with E-state index in [9.17, 15) is 4.79 Å². The molecule has 35 heavy (non-hydrogen) atoms. The van der Waals surface area contributed by atoms with Crippen LogP contribution in [0.15, 0.2) is 101 Å². The zero-order chi connectivity index (χ0) is 24.0. The van der Waals surface area contributed by atoms with Crippen molar-refractivity contribution in [2.45, 2.75) is 11.7 Å². The van der Waals surface area contributed by atoms with Gasteiger partial charge in [0.25, 0.3) is 0 Å². The van der Waals surface area contributed by atoms with Crippen molar-refractivity contribution in [3.8, 4) is 22.7 Å². The van der Waals surface area contributed by atoms with Crippen LogP contribution >= 0.6 is 11.8 Å². The second-order valence-electron chi connectivity index (χ2n) is 7.88. The third-order valence-corrected chi connectivity index (χ3v) is 6.58. The van der Waals surface area contributed by atoms with Gasteiger partial charge in [0, 0.05) is 17.3 Å². The molecule has 1 atom stereocenters. The summed E-state index contributed by atoms with van der Waals surface area (Å²) >= 11 is 1.38. The highest BCUT2D eigenvalue weighted by Crippen LogP contribution is 2.25. The lowest BCUT2D eigenvalue weighted by atomic mass is 10.1. The number of carbonyl (C=O) groups is 1. The summed E-state index contributed by atoms with van der Waals surface area (Å²) in [5.74, 6) is 0.723. The molecule has 1 aromatic heterocycles. The number of hydrogen-bond donors (Lipinski definition) is 1. The van der Waals surface area contributed by atoms with E-state index < -0.39 is 0 Å². The standard InChI is InChI=1S/C27H23N5O2S/c1-34-23-14-12-19(13-15-23)16-24-26(33)29-27(35-24)30-28-17-21-18-32(22-10-6-3-7-11-22)31-25(21)20-8-4-2-5-9-20/h2-15,17-18,24H,16H2,1H3,(H,29,30,33)/b28-17+. The monoisotopic (exact) mass is 481 g/mol. The number of thioether (sulfide) groups is 1. The molecule has 1 unspecified atom stereocenters. The van der Waals surface area contributed by atoms with Crippen LogP contribution in [-0.4, -0.2) is 39.4 Å². The Balaban J connectivity index is 1.34. The highest BCUT2D eigenvalue weighted by molar-refractivity contribution is 8.15. The number of amidine groups is 1. The number of carbonyl (C=O) groups excluding carboxylic acids is 1. The number of nitrogens with zero attached hydrogens (tertiary/aromatic N) is 4. The first-order chi connectivity index (χ1) is 17.2. The predicted octanol–water partition coefficient (Wildman–Crippen LogP) is 4.71. The maximum Gasteiger partial charge on any atom is 0.239 e. The minimum atomic E-state index is -0.252. The summed E-state index contributed by atoms with van der Waals surface area (Å²) in [5.41, 5.74) is 4.63. The molecule has 1 fully saturated rings. The number of methoxy groups -OCH3 is 1. The van der Waals surface area contributed by atoms with Gasteiger partial charge in [-0.15, -0.1) is 5.10 Å². The maximum atomic E-state index is 12.4. The summed E-state index contributed by atoms with van der Waals surface area (Å²) < 4.78 is 7.02. The quantitative estimate of drug-likeness (QED) is 0.306. The van der Waals surface area contributed by atoms with Crippen molar-refractivity contribution in [1.82, 2.24) is 15.1 Å². The van der Waals surface area contributed by atoms with E-state index in [1.807, 2.05) is 95.8 Å². The van der Waals surface area contributed by atoms with E-state index in [4.69, 9.17) is 9.84 Å². The van der Waals surface area contributed by atoms with Crippen molar-refractivity contribution in [2.24, 2.45) is 10.2 Å². The molecule has 0 bridgehead atoms. The third kappa shape index (κ3) is 5.33. The summed E-state index contributed by atoms with van der Waals surface area (Å²) in [6, 6.07) is 27.6. The van der Waals surface area contributed by atoms with Gasteiger partial charge in [0.05, 0.1) is 24.3 Å². The Kier molecular flexibility index (Phi) is 6.72. The van der Waals surface area contributed by atoms with E-state index in [2.05, 4.69) is 15.5 Å². The van der Waals surface area contributed by atoms with Gasteiger partial charge >= 0.3 is 0 Å². The van der Waals surface area contributed by atoms with E-state index in [-0.39, 0.29) is 11.2 Å². The molecule has 8 heteroatoms. The van der Waals surface area contributed by atoms with Crippen LogP contribution in [0, 0.1) is 0 Å². The molecular weight excluding hydrogens is 458 g/mol. The summed E-state index contributed by atoms with van der Waals surface area (Å²) in [4.78, 5) is 12.4. The van der Waals surface area contributed by atoms with E-state index in [1.54, 1.807) is 13.3 Å². The molecule has 0 radical (unpaired) electrons. The first kappa shape index (κ1) is 22.6. The fourth-order valence-corrected chi connectivity index (χ4v) is 4.69. The predicted molar refractivity (Wildman–Crippen MR) is 140 cm³/mol. The van der Waals surface area contributed by atoms with Crippen LogP contribution in [0.5, 0.6) is 5.75 Å². The molecule has 0 spiro atoms. The van der Waals surface area contributed by atoms with Gasteiger partial charge in [-0.25, -0.2) is 4.68 Å². The molecule has 174 valence electrons. The van der Waals surface area contributed by atoms with Gasteiger partial charge in [-0.05, 0) is 36.2 Å². The van der Waals surface area contributed by atoms with Crippen LogP contribution < -0.4 is 10.1 Å². The Bertz CT molecular complexity index is 1370. The fraction of sp³-hybridized carbons (Fsp3) is 0.111. The van der Waals surface area contributed by atoms with Crippen LogP contribution in [0.25, 0.3) is 16.9 Å². The maximum absolute atomic E-state index is 12.4. The van der Waals surface area contributed by atoms with Gasteiger partial charge in [-0.2, -0.15) is 10.2 Å². The van der Waals surface area contributed by atoms with Crippen molar-refractivity contribution in [3.63, 3.8) is 0 Å². The van der Waals surface area contributed by atoms with Gasteiger partial charge in [0.2, 0.25) is 5.91 Å². The molecule has 1 aliphatic heterocycles. The number of rotatable bonds is 7. The average Bonchev–Trinajstić information content (AvgIpc) is 3.49. The molecule has 5 rings (SSSR count). The van der Waals surface area contributed by atoms with Gasteiger partial charge in [-0.3, -0.25) is 4.79 Å². The second kappa shape index (κ2) is 10.4. The summed E-state index contributed by atoms with van der Waals surface area (Å²) in [7, 11) is 1.63. The molecule has 1 amide bonds. The number of benzene rings is 3. The Hall–Kier alpha value is -4.17. The lowest BCUT2D eigenvalue weighted by Crippen LogP contribution is -2.25. The minimum absolute atomic E-state index is 0.0679. The number of aromatic nitrogens is 2. The topological polar surface area (TPSA) is 80.9 Å². The molecule has 0 aliphatic carbocycles. The lowest BCUT2D eigenvalue weighted by Gasteiger charge is -2.06. The van der Waals surface area contributed by atoms with Crippen LogP contribution in [0.1, 0.15) is 11.1 Å². The van der Waals surface area contributed by atoms with Crippen molar-refractivity contribution < 1.29 is 9.53 Å². The second-order valence-corrected chi connectivity index (χ2v) is 9.07. The molecule has 2 heterocycles. The Morgan fingerprint density at radius 3 is 2.46 bits per heavy atom. The highest BCUT2D eigenvalue weighted by atomic mass is 32.2. The molecular formula is C27H23N5O2S. The Labute approximate surface area is 207 Å². The fourth-order valence-electron chi connectivity index (χ4n) is 3.72. The molecule has 0 saturated carbocycles. The highest BCUT2D eigenvalue weighted by Gasteiger charge is 2.30. The van der Waals surface area contributed by atoms with Gasteiger partial charge < -0.3 is 10.1 Å². The number of hydrogen-bond acceptors (Lipinski definition) is 6. The van der Waals surface area contributed by atoms with Crippen molar-refractivity contribution in [1.29, 1.82) is 0 Å². The van der Waals surface area contributed by atoms with E-state index >= 15 is 0 Å². The number of nitrogens with one attached hydrogen (secondary N) is 1. The van der Waals surface area contributed by atoms with E-state index in [0.29, 0.717) is 11.6 Å². The van der Waals surface area contributed by atoms with Crippen LogP contribution in [0.2, 0.25) is 0 Å². The Morgan fingerprint density at radius 1 is 1.03 bits per heavy atom. The number of ether oxygens (including phenoxy) is 1. The number of para-hydroxylation sites is 1. The van der Waals surface area contributed by atoms with Crippen molar-refractivity contribution in [2.75, 3.05) is 7.11 Å². The van der Waals surface area contributed by atoms with Gasteiger partial charge in [-0.1, -0.05) is 72.4 Å². The van der Waals surface area contributed by atoms with Crippen LogP contribution in [0.4, 0.5) is 0 Å². The smallest absolute Gasteiger partial charge is 0.239 e. The zero-order valence-electron chi connectivity index (χ0n) is 19.0. The minimum Gasteiger partial charge on any atom is -0.497 e. The van der Waals surface area contributed by atoms with Crippen LogP contribution in [-0.2, 0) is 11.2 Å². The number of amides is 1. The van der Waals surface area contributed by atoms with Gasteiger partial charge in [0.1, 0.15) is 11.4 Å². The van der Waals surface area contributed by atoms with Gasteiger partial charge in [0.15, 0.2) is 5.17 Å². The molecule has 1 aliphatic rings.